The van der Waals surface area contributed by atoms with Crippen molar-refractivity contribution in [3.8, 4) is 0 Å². The summed E-state index contributed by atoms with van der Waals surface area (Å²) in [5.74, 6) is 0.397. The minimum absolute atomic E-state index is 0.0491. The molecular formula is C22H28N4O2. The van der Waals surface area contributed by atoms with E-state index in [-0.39, 0.29) is 17.2 Å². The second kappa shape index (κ2) is 8.17. The first kappa shape index (κ1) is 18.7. The number of hydrogen-bond donors (Lipinski definition) is 0. The molecular weight excluding hydrogens is 352 g/mol. The molecule has 0 N–H and O–H groups in total. The monoisotopic (exact) mass is 380 g/mol. The number of carbonyl (C=O) groups is 2. The second-order valence-corrected chi connectivity index (χ2v) is 8.20. The van der Waals surface area contributed by atoms with Gasteiger partial charge in [-0.25, -0.2) is 4.98 Å². The highest BCUT2D eigenvalue weighted by atomic mass is 16.2. The van der Waals surface area contributed by atoms with Crippen molar-refractivity contribution < 1.29 is 9.59 Å². The van der Waals surface area contributed by atoms with Crippen LogP contribution in [-0.4, -0.2) is 57.3 Å². The molecule has 28 heavy (non-hydrogen) atoms. The van der Waals surface area contributed by atoms with Crippen LogP contribution in [0.3, 0.4) is 0 Å². The first-order chi connectivity index (χ1) is 13.6. The number of rotatable bonds is 5. The first-order valence-electron chi connectivity index (χ1n) is 10.2. The average molecular weight is 380 g/mol. The lowest BCUT2D eigenvalue weighted by Gasteiger charge is -2.48. The number of hydrogen-bond acceptors (Lipinski definition) is 3. The molecule has 148 valence electrons. The number of carbonyl (C=O) groups excluding carboxylic acids is 2. The molecule has 2 aromatic rings. The zero-order valence-corrected chi connectivity index (χ0v) is 16.3. The zero-order valence-electron chi connectivity index (χ0n) is 16.3. The fourth-order valence-electron chi connectivity index (χ4n) is 4.61. The molecule has 0 aliphatic carbocycles. The maximum Gasteiger partial charge on any atom is 0.242 e. The van der Waals surface area contributed by atoms with E-state index in [9.17, 15) is 9.59 Å². The summed E-state index contributed by atoms with van der Waals surface area (Å²) in [5.41, 5.74) is 1.31. The van der Waals surface area contributed by atoms with Gasteiger partial charge in [0.2, 0.25) is 11.8 Å². The van der Waals surface area contributed by atoms with Gasteiger partial charge in [-0.05, 0) is 31.2 Å². The molecule has 2 aliphatic heterocycles. The van der Waals surface area contributed by atoms with Gasteiger partial charge in [0.05, 0.1) is 6.33 Å². The number of aromatic nitrogens is 2. The number of amides is 2. The molecule has 6 nitrogen and oxygen atoms in total. The molecule has 4 rings (SSSR count). The highest BCUT2D eigenvalue weighted by Crippen LogP contribution is 2.39. The van der Waals surface area contributed by atoms with Crippen molar-refractivity contribution in [1.29, 1.82) is 0 Å². The molecule has 1 atom stereocenters. The summed E-state index contributed by atoms with van der Waals surface area (Å²) in [6.45, 7) is 3.44. The van der Waals surface area contributed by atoms with Gasteiger partial charge in [0.25, 0.3) is 0 Å². The summed E-state index contributed by atoms with van der Waals surface area (Å²) in [6, 6.07) is 10.3. The van der Waals surface area contributed by atoms with Gasteiger partial charge in [-0.1, -0.05) is 30.3 Å². The van der Waals surface area contributed by atoms with Crippen molar-refractivity contribution in [2.45, 2.75) is 38.6 Å². The van der Waals surface area contributed by atoms with Gasteiger partial charge in [-0.2, -0.15) is 0 Å². The molecule has 2 amide bonds. The summed E-state index contributed by atoms with van der Waals surface area (Å²) < 4.78 is 1.82. The molecule has 1 spiro atoms. The summed E-state index contributed by atoms with van der Waals surface area (Å²) in [4.78, 5) is 33.3. The van der Waals surface area contributed by atoms with Crippen molar-refractivity contribution in [3.05, 3.63) is 54.6 Å². The maximum absolute atomic E-state index is 12.7. The Labute approximate surface area is 166 Å². The maximum atomic E-state index is 12.7. The van der Waals surface area contributed by atoms with E-state index in [1.807, 2.05) is 38.8 Å². The van der Waals surface area contributed by atoms with Crippen molar-refractivity contribution >= 4 is 11.8 Å². The van der Waals surface area contributed by atoms with Gasteiger partial charge < -0.3 is 14.4 Å². The number of likely N-dealkylation sites (tertiary alicyclic amines) is 2. The number of piperidine rings is 2. The summed E-state index contributed by atoms with van der Waals surface area (Å²) >= 11 is 0. The van der Waals surface area contributed by atoms with E-state index in [0.717, 1.165) is 51.9 Å². The van der Waals surface area contributed by atoms with Gasteiger partial charge >= 0.3 is 0 Å². The van der Waals surface area contributed by atoms with Crippen molar-refractivity contribution in [2.24, 2.45) is 5.41 Å². The Morgan fingerprint density at radius 3 is 2.79 bits per heavy atom. The van der Waals surface area contributed by atoms with Crippen LogP contribution in [0.2, 0.25) is 0 Å². The fourth-order valence-corrected chi connectivity index (χ4v) is 4.61. The minimum atomic E-state index is 0.0491. The molecule has 6 heteroatoms. The molecule has 3 heterocycles. The van der Waals surface area contributed by atoms with E-state index in [0.29, 0.717) is 13.0 Å². The Kier molecular flexibility index (Phi) is 5.46. The molecule has 1 aromatic carbocycles. The predicted octanol–water partition coefficient (Wildman–Crippen LogP) is 2.36. The van der Waals surface area contributed by atoms with Crippen LogP contribution in [0, 0.1) is 5.41 Å². The fraction of sp³-hybridized carbons (Fsp3) is 0.500. The highest BCUT2D eigenvalue weighted by molar-refractivity contribution is 5.78. The third kappa shape index (κ3) is 4.26. The normalized spacial score (nSPS) is 22.6. The van der Waals surface area contributed by atoms with E-state index < -0.39 is 0 Å². The van der Waals surface area contributed by atoms with E-state index >= 15 is 0 Å². The lowest BCUT2D eigenvalue weighted by molar-refractivity contribution is -0.143. The van der Waals surface area contributed by atoms with Crippen molar-refractivity contribution in [1.82, 2.24) is 19.4 Å². The SMILES string of the molecule is O=C1CC[C@@]2(CCCN(C(=O)Cn3ccnc3)C2)CN1CCc1ccccc1. The second-order valence-electron chi connectivity index (χ2n) is 8.20. The zero-order chi connectivity index (χ0) is 19.4. The van der Waals surface area contributed by atoms with Crippen LogP contribution in [0.15, 0.2) is 49.1 Å². The largest absolute Gasteiger partial charge is 0.342 e. The van der Waals surface area contributed by atoms with Crippen LogP contribution in [-0.2, 0) is 22.6 Å². The van der Waals surface area contributed by atoms with Crippen molar-refractivity contribution in [3.63, 3.8) is 0 Å². The molecule has 0 radical (unpaired) electrons. The Morgan fingerprint density at radius 2 is 2.00 bits per heavy atom. The number of imidazole rings is 1. The molecule has 2 fully saturated rings. The summed E-state index contributed by atoms with van der Waals surface area (Å²) in [6.07, 6.45) is 9.67. The quantitative estimate of drug-likeness (QED) is 0.800. The van der Waals surface area contributed by atoms with Gasteiger partial charge in [0.15, 0.2) is 0 Å². The van der Waals surface area contributed by atoms with E-state index in [1.165, 1.54) is 5.56 Å². The minimum Gasteiger partial charge on any atom is -0.342 e. The van der Waals surface area contributed by atoms with E-state index in [1.54, 1.807) is 12.5 Å². The Bertz CT molecular complexity index is 805. The van der Waals surface area contributed by atoms with Gasteiger partial charge in [0.1, 0.15) is 6.54 Å². The molecule has 0 saturated carbocycles. The van der Waals surface area contributed by atoms with Gasteiger partial charge in [-0.3, -0.25) is 9.59 Å². The third-order valence-electron chi connectivity index (χ3n) is 6.15. The highest BCUT2D eigenvalue weighted by Gasteiger charge is 2.42. The predicted molar refractivity (Wildman–Crippen MR) is 106 cm³/mol. The Morgan fingerprint density at radius 1 is 1.14 bits per heavy atom. The molecule has 0 unspecified atom stereocenters. The van der Waals surface area contributed by atoms with E-state index in [4.69, 9.17) is 0 Å². The number of benzene rings is 1. The molecule has 2 aliphatic rings. The molecule has 0 bridgehead atoms. The Balaban J connectivity index is 1.38. The first-order valence-corrected chi connectivity index (χ1v) is 10.2. The van der Waals surface area contributed by atoms with Crippen LogP contribution < -0.4 is 0 Å². The van der Waals surface area contributed by atoms with Gasteiger partial charge in [0, 0.05) is 50.4 Å². The van der Waals surface area contributed by atoms with Gasteiger partial charge in [-0.15, -0.1) is 0 Å². The summed E-state index contributed by atoms with van der Waals surface area (Å²) in [7, 11) is 0. The van der Waals surface area contributed by atoms with Crippen LogP contribution in [0.4, 0.5) is 0 Å². The average Bonchev–Trinajstić information content (AvgIpc) is 3.23. The molecule has 1 aromatic heterocycles. The molecule has 2 saturated heterocycles. The summed E-state index contributed by atoms with van der Waals surface area (Å²) in [5, 5.41) is 0. The smallest absolute Gasteiger partial charge is 0.242 e. The van der Waals surface area contributed by atoms with Crippen LogP contribution in [0.1, 0.15) is 31.2 Å². The lowest BCUT2D eigenvalue weighted by atomic mass is 9.73. The Hall–Kier alpha value is -2.63. The van der Waals surface area contributed by atoms with E-state index in [2.05, 4.69) is 17.1 Å². The van der Waals surface area contributed by atoms with Crippen molar-refractivity contribution in [2.75, 3.05) is 26.2 Å². The lowest BCUT2D eigenvalue weighted by Crippen LogP contribution is -2.55. The standard InChI is InChI=1S/C22H28N4O2/c27-20-7-10-22(17-26(20)13-8-19-5-2-1-3-6-19)9-4-12-25(16-22)21(28)15-24-14-11-23-18-24/h1-3,5-6,11,14,18H,4,7-10,12-13,15-17H2/t22-/m1/s1. The van der Waals surface area contributed by atoms with Crippen LogP contribution >= 0.6 is 0 Å². The van der Waals surface area contributed by atoms with Crippen LogP contribution in [0.5, 0.6) is 0 Å². The topological polar surface area (TPSA) is 58.4 Å². The number of nitrogens with zero attached hydrogens (tertiary/aromatic N) is 4. The van der Waals surface area contributed by atoms with Crippen LogP contribution in [0.25, 0.3) is 0 Å². The third-order valence-corrected chi connectivity index (χ3v) is 6.15.